The van der Waals surface area contributed by atoms with Gasteiger partial charge in [-0.2, -0.15) is 0 Å². The quantitative estimate of drug-likeness (QED) is 0.657. The van der Waals surface area contributed by atoms with E-state index in [1.54, 1.807) is 0 Å². The SMILES string of the molecule is CCCC1CN(CCOCCN(C)C)C(C)CN1. The fourth-order valence-corrected chi connectivity index (χ4v) is 2.38. The molecule has 1 heterocycles. The molecule has 4 nitrogen and oxygen atoms in total. The molecule has 1 aliphatic heterocycles. The normalized spacial score (nSPS) is 25.8. The maximum Gasteiger partial charge on any atom is 0.0594 e. The van der Waals surface area contributed by atoms with Crippen molar-refractivity contribution in [3.8, 4) is 0 Å². The highest BCUT2D eigenvalue weighted by Crippen LogP contribution is 2.09. The lowest BCUT2D eigenvalue weighted by Crippen LogP contribution is -2.55. The van der Waals surface area contributed by atoms with E-state index in [0.717, 1.165) is 32.8 Å². The minimum absolute atomic E-state index is 0.635. The average Bonchev–Trinajstić information content (AvgIpc) is 2.32. The molecule has 1 fully saturated rings. The van der Waals surface area contributed by atoms with E-state index < -0.39 is 0 Å². The van der Waals surface area contributed by atoms with Crippen molar-refractivity contribution < 1.29 is 4.74 Å². The first-order valence-corrected chi connectivity index (χ1v) is 7.33. The van der Waals surface area contributed by atoms with Gasteiger partial charge in [0, 0.05) is 38.3 Å². The fraction of sp³-hybridized carbons (Fsp3) is 1.00. The third-order valence-electron chi connectivity index (χ3n) is 3.62. The number of nitrogens with one attached hydrogen (secondary N) is 1. The van der Waals surface area contributed by atoms with Gasteiger partial charge in [0.2, 0.25) is 0 Å². The Hall–Kier alpha value is -0.160. The van der Waals surface area contributed by atoms with Crippen LogP contribution >= 0.6 is 0 Å². The Bertz CT molecular complexity index is 211. The molecular formula is C14H31N3O. The molecule has 0 aromatic carbocycles. The molecule has 0 spiro atoms. The maximum absolute atomic E-state index is 5.69. The zero-order valence-corrected chi connectivity index (χ0v) is 12.6. The lowest BCUT2D eigenvalue weighted by atomic mass is 10.1. The van der Waals surface area contributed by atoms with E-state index in [0.29, 0.717) is 12.1 Å². The summed E-state index contributed by atoms with van der Waals surface area (Å²) >= 11 is 0. The summed E-state index contributed by atoms with van der Waals surface area (Å²) in [6, 6.07) is 1.31. The molecule has 2 unspecified atom stereocenters. The van der Waals surface area contributed by atoms with E-state index in [1.165, 1.54) is 19.4 Å². The number of hydrogen-bond acceptors (Lipinski definition) is 4. The molecule has 0 bridgehead atoms. The number of ether oxygens (including phenoxy) is 1. The van der Waals surface area contributed by atoms with Crippen molar-refractivity contribution in [2.24, 2.45) is 0 Å². The van der Waals surface area contributed by atoms with Crippen molar-refractivity contribution in [2.45, 2.75) is 38.8 Å². The van der Waals surface area contributed by atoms with Gasteiger partial charge in [-0.05, 0) is 27.4 Å². The minimum Gasteiger partial charge on any atom is -0.379 e. The number of piperazine rings is 1. The van der Waals surface area contributed by atoms with Crippen molar-refractivity contribution >= 4 is 0 Å². The van der Waals surface area contributed by atoms with E-state index in [1.807, 2.05) is 0 Å². The van der Waals surface area contributed by atoms with E-state index >= 15 is 0 Å². The first kappa shape index (κ1) is 15.9. The predicted octanol–water partition coefficient (Wildman–Crippen LogP) is 1.03. The predicted molar refractivity (Wildman–Crippen MR) is 77.1 cm³/mol. The summed E-state index contributed by atoms with van der Waals surface area (Å²) < 4.78 is 5.69. The molecule has 1 saturated heterocycles. The second kappa shape index (κ2) is 8.86. The third-order valence-corrected chi connectivity index (χ3v) is 3.62. The molecule has 1 aliphatic rings. The Morgan fingerprint density at radius 2 is 2.11 bits per heavy atom. The molecule has 2 atom stereocenters. The molecule has 108 valence electrons. The van der Waals surface area contributed by atoms with Gasteiger partial charge < -0.3 is 15.0 Å². The Morgan fingerprint density at radius 1 is 1.33 bits per heavy atom. The summed E-state index contributed by atoms with van der Waals surface area (Å²) in [6.45, 7) is 10.6. The zero-order valence-electron chi connectivity index (χ0n) is 12.6. The first-order chi connectivity index (χ1) is 8.63. The molecule has 0 saturated carbocycles. The molecule has 0 aliphatic carbocycles. The molecule has 0 radical (unpaired) electrons. The summed E-state index contributed by atoms with van der Waals surface area (Å²) in [5, 5.41) is 3.63. The van der Waals surface area contributed by atoms with Crippen LogP contribution in [0.3, 0.4) is 0 Å². The Balaban J connectivity index is 2.14. The first-order valence-electron chi connectivity index (χ1n) is 7.33. The molecule has 0 aromatic rings. The lowest BCUT2D eigenvalue weighted by Gasteiger charge is -2.38. The van der Waals surface area contributed by atoms with Crippen molar-refractivity contribution in [3.05, 3.63) is 0 Å². The highest BCUT2D eigenvalue weighted by molar-refractivity contribution is 4.83. The van der Waals surface area contributed by atoms with Crippen LogP contribution in [0.2, 0.25) is 0 Å². The number of hydrogen-bond donors (Lipinski definition) is 1. The van der Waals surface area contributed by atoms with Crippen molar-refractivity contribution in [1.29, 1.82) is 0 Å². The van der Waals surface area contributed by atoms with Crippen LogP contribution in [-0.2, 0) is 4.74 Å². The third kappa shape index (κ3) is 6.14. The number of nitrogens with zero attached hydrogens (tertiary/aromatic N) is 2. The van der Waals surface area contributed by atoms with Gasteiger partial charge in [0.25, 0.3) is 0 Å². The highest BCUT2D eigenvalue weighted by Gasteiger charge is 2.23. The van der Waals surface area contributed by atoms with Crippen LogP contribution in [0.25, 0.3) is 0 Å². The topological polar surface area (TPSA) is 27.7 Å². The fourth-order valence-electron chi connectivity index (χ4n) is 2.38. The Labute approximate surface area is 113 Å². The van der Waals surface area contributed by atoms with Crippen molar-refractivity contribution in [3.63, 3.8) is 0 Å². The van der Waals surface area contributed by atoms with E-state index in [9.17, 15) is 0 Å². The Morgan fingerprint density at radius 3 is 2.78 bits per heavy atom. The summed E-state index contributed by atoms with van der Waals surface area (Å²) in [5.41, 5.74) is 0. The van der Waals surface area contributed by atoms with Crippen LogP contribution in [0, 0.1) is 0 Å². The van der Waals surface area contributed by atoms with Crippen LogP contribution in [0.15, 0.2) is 0 Å². The van der Waals surface area contributed by atoms with Gasteiger partial charge in [0.15, 0.2) is 0 Å². The zero-order chi connectivity index (χ0) is 13.4. The molecular weight excluding hydrogens is 226 g/mol. The van der Waals surface area contributed by atoms with Crippen LogP contribution in [0.4, 0.5) is 0 Å². The van der Waals surface area contributed by atoms with E-state index in [2.05, 4.69) is 43.1 Å². The molecule has 0 aromatic heterocycles. The van der Waals surface area contributed by atoms with Crippen LogP contribution in [0.5, 0.6) is 0 Å². The van der Waals surface area contributed by atoms with Gasteiger partial charge >= 0.3 is 0 Å². The van der Waals surface area contributed by atoms with Gasteiger partial charge in [-0.1, -0.05) is 13.3 Å². The van der Waals surface area contributed by atoms with Crippen LogP contribution < -0.4 is 5.32 Å². The van der Waals surface area contributed by atoms with Crippen LogP contribution in [0.1, 0.15) is 26.7 Å². The van der Waals surface area contributed by atoms with Gasteiger partial charge in [-0.3, -0.25) is 4.90 Å². The molecule has 4 heteroatoms. The molecule has 18 heavy (non-hydrogen) atoms. The second-order valence-electron chi connectivity index (χ2n) is 5.65. The van der Waals surface area contributed by atoms with E-state index in [-0.39, 0.29) is 0 Å². The molecule has 1 N–H and O–H groups in total. The maximum atomic E-state index is 5.69. The molecule has 1 rings (SSSR count). The van der Waals surface area contributed by atoms with Gasteiger partial charge in [0.05, 0.1) is 13.2 Å². The average molecular weight is 257 g/mol. The summed E-state index contributed by atoms with van der Waals surface area (Å²) in [7, 11) is 4.16. The second-order valence-corrected chi connectivity index (χ2v) is 5.65. The highest BCUT2D eigenvalue weighted by atomic mass is 16.5. The number of rotatable bonds is 8. The van der Waals surface area contributed by atoms with Gasteiger partial charge in [-0.25, -0.2) is 0 Å². The van der Waals surface area contributed by atoms with Crippen molar-refractivity contribution in [1.82, 2.24) is 15.1 Å². The summed E-state index contributed by atoms with van der Waals surface area (Å²) in [6.07, 6.45) is 2.55. The van der Waals surface area contributed by atoms with Crippen molar-refractivity contribution in [2.75, 3.05) is 53.5 Å². The Kier molecular flexibility index (Phi) is 7.82. The standard InChI is InChI=1S/C14H31N3O/c1-5-6-14-12-17(13(2)11-15-14)8-10-18-9-7-16(3)4/h13-15H,5-12H2,1-4H3. The van der Waals surface area contributed by atoms with Crippen LogP contribution in [-0.4, -0.2) is 75.4 Å². The van der Waals surface area contributed by atoms with E-state index in [4.69, 9.17) is 4.74 Å². The monoisotopic (exact) mass is 257 g/mol. The smallest absolute Gasteiger partial charge is 0.0594 e. The lowest BCUT2D eigenvalue weighted by molar-refractivity contribution is 0.0632. The number of likely N-dealkylation sites (N-methyl/N-ethyl adjacent to an activating group) is 1. The minimum atomic E-state index is 0.635. The molecule has 0 amide bonds. The van der Waals surface area contributed by atoms with Gasteiger partial charge in [0.1, 0.15) is 0 Å². The van der Waals surface area contributed by atoms with Gasteiger partial charge in [-0.15, -0.1) is 0 Å². The summed E-state index contributed by atoms with van der Waals surface area (Å²) in [5.74, 6) is 0. The largest absolute Gasteiger partial charge is 0.379 e. The summed E-state index contributed by atoms with van der Waals surface area (Å²) in [4.78, 5) is 4.72.